The molecular formula is C25H30N6O3. The van der Waals surface area contributed by atoms with Crippen molar-refractivity contribution in [2.45, 2.75) is 32.6 Å². The molecule has 9 heteroatoms. The zero-order valence-corrected chi connectivity index (χ0v) is 19.6. The molecule has 2 aliphatic rings. The second-order valence-electron chi connectivity index (χ2n) is 8.77. The third-order valence-corrected chi connectivity index (χ3v) is 6.40. The maximum absolute atomic E-state index is 13.0. The van der Waals surface area contributed by atoms with Gasteiger partial charge in [-0.1, -0.05) is 18.2 Å². The number of pyridine rings is 1. The minimum atomic E-state index is -0.231. The van der Waals surface area contributed by atoms with E-state index in [0.29, 0.717) is 25.6 Å². The number of nitrogens with one attached hydrogen (secondary N) is 2. The number of benzene rings is 1. The molecule has 2 N–H and O–H groups in total. The Morgan fingerprint density at radius 2 is 2.12 bits per heavy atom. The van der Waals surface area contributed by atoms with Gasteiger partial charge in [0.1, 0.15) is 5.82 Å². The fourth-order valence-electron chi connectivity index (χ4n) is 4.56. The molecule has 4 heterocycles. The summed E-state index contributed by atoms with van der Waals surface area (Å²) in [4.78, 5) is 19.8. The topological polar surface area (TPSA) is 93.5 Å². The lowest BCUT2D eigenvalue weighted by Gasteiger charge is -2.17. The van der Waals surface area contributed by atoms with E-state index >= 15 is 0 Å². The van der Waals surface area contributed by atoms with Crippen LogP contribution in [0, 0.1) is 6.92 Å². The van der Waals surface area contributed by atoms with Crippen molar-refractivity contribution in [3.63, 3.8) is 0 Å². The van der Waals surface area contributed by atoms with Gasteiger partial charge in [-0.3, -0.25) is 15.2 Å². The number of hydrogen-bond acceptors (Lipinski definition) is 6. The zero-order valence-electron chi connectivity index (χ0n) is 19.6. The Hall–Kier alpha value is -3.27. The van der Waals surface area contributed by atoms with E-state index in [-0.39, 0.29) is 12.1 Å². The number of carbonyl (C=O) groups is 1. The van der Waals surface area contributed by atoms with E-state index in [9.17, 15) is 4.79 Å². The SMILES string of the molecule is COCCN1CCC(NC(=O)Nc2c(C)c(-c3cnc4c(c3)COC4)nn2-c2ccccc2)C1. The van der Waals surface area contributed by atoms with Gasteiger partial charge in [-0.25, -0.2) is 9.48 Å². The second kappa shape index (κ2) is 9.92. The molecule has 2 amide bonds. The first-order valence-electron chi connectivity index (χ1n) is 11.6. The Labute approximate surface area is 199 Å². The third-order valence-electron chi connectivity index (χ3n) is 6.40. The molecule has 2 aromatic heterocycles. The number of aromatic nitrogens is 3. The molecule has 34 heavy (non-hydrogen) atoms. The average Bonchev–Trinajstić information content (AvgIpc) is 3.58. The quantitative estimate of drug-likeness (QED) is 0.560. The highest BCUT2D eigenvalue weighted by Gasteiger charge is 2.25. The van der Waals surface area contributed by atoms with Crippen molar-refractivity contribution in [3.8, 4) is 16.9 Å². The number of urea groups is 1. The Morgan fingerprint density at radius 1 is 1.26 bits per heavy atom. The summed E-state index contributed by atoms with van der Waals surface area (Å²) in [7, 11) is 1.71. The molecule has 2 aliphatic heterocycles. The molecule has 0 aliphatic carbocycles. The highest BCUT2D eigenvalue weighted by molar-refractivity contribution is 5.91. The zero-order chi connectivity index (χ0) is 23.5. The number of ether oxygens (including phenoxy) is 2. The number of anilines is 1. The molecule has 0 saturated carbocycles. The number of fused-ring (bicyclic) bond motifs is 1. The molecule has 0 bridgehead atoms. The first-order valence-corrected chi connectivity index (χ1v) is 11.6. The van der Waals surface area contributed by atoms with Crippen LogP contribution in [0.4, 0.5) is 10.6 Å². The molecule has 5 rings (SSSR count). The number of methoxy groups -OCH3 is 1. The van der Waals surface area contributed by atoms with E-state index in [0.717, 1.165) is 59.8 Å². The van der Waals surface area contributed by atoms with E-state index in [4.69, 9.17) is 14.6 Å². The number of para-hydroxylation sites is 1. The molecule has 0 spiro atoms. The molecule has 0 radical (unpaired) electrons. The van der Waals surface area contributed by atoms with Gasteiger partial charge in [0.2, 0.25) is 0 Å². The van der Waals surface area contributed by atoms with Crippen LogP contribution in [0.15, 0.2) is 42.6 Å². The summed E-state index contributed by atoms with van der Waals surface area (Å²) in [5.41, 5.74) is 5.50. The smallest absolute Gasteiger partial charge is 0.320 e. The van der Waals surface area contributed by atoms with Gasteiger partial charge in [0.15, 0.2) is 0 Å². The average molecular weight is 463 g/mol. The van der Waals surface area contributed by atoms with Gasteiger partial charge in [-0.05, 0) is 31.5 Å². The molecule has 1 atom stereocenters. The van der Waals surface area contributed by atoms with Crippen molar-refractivity contribution in [3.05, 3.63) is 59.4 Å². The molecule has 1 saturated heterocycles. The van der Waals surface area contributed by atoms with E-state index in [1.807, 2.05) is 43.5 Å². The van der Waals surface area contributed by atoms with Crippen molar-refractivity contribution >= 4 is 11.8 Å². The Balaban J connectivity index is 1.39. The van der Waals surface area contributed by atoms with Crippen LogP contribution < -0.4 is 10.6 Å². The maximum atomic E-state index is 13.0. The van der Waals surface area contributed by atoms with E-state index in [1.54, 1.807) is 11.8 Å². The predicted octanol–water partition coefficient (Wildman–Crippen LogP) is 3.12. The van der Waals surface area contributed by atoms with Crippen molar-refractivity contribution in [1.82, 2.24) is 25.0 Å². The molecule has 1 fully saturated rings. The number of carbonyl (C=O) groups excluding carboxylic acids is 1. The van der Waals surface area contributed by atoms with Crippen LogP contribution in [0.3, 0.4) is 0 Å². The third kappa shape index (κ3) is 4.68. The Bertz CT molecular complexity index is 1160. The summed E-state index contributed by atoms with van der Waals surface area (Å²) in [6.07, 6.45) is 2.75. The highest BCUT2D eigenvalue weighted by Crippen LogP contribution is 2.32. The van der Waals surface area contributed by atoms with E-state index in [1.165, 1.54) is 0 Å². The fourth-order valence-corrected chi connectivity index (χ4v) is 4.56. The minimum Gasteiger partial charge on any atom is -0.383 e. The lowest BCUT2D eigenvalue weighted by atomic mass is 10.1. The van der Waals surface area contributed by atoms with Crippen LogP contribution >= 0.6 is 0 Å². The first kappa shape index (κ1) is 22.5. The van der Waals surface area contributed by atoms with Gasteiger partial charge in [0, 0.05) is 55.7 Å². The van der Waals surface area contributed by atoms with Gasteiger partial charge in [0.25, 0.3) is 0 Å². The molecular weight excluding hydrogens is 432 g/mol. The van der Waals surface area contributed by atoms with Crippen molar-refractivity contribution in [2.24, 2.45) is 0 Å². The second-order valence-corrected chi connectivity index (χ2v) is 8.77. The molecule has 1 aromatic carbocycles. The number of rotatable bonds is 7. The van der Waals surface area contributed by atoms with Crippen LogP contribution in [-0.2, 0) is 22.7 Å². The molecule has 178 valence electrons. The van der Waals surface area contributed by atoms with Crippen LogP contribution in [0.5, 0.6) is 0 Å². The van der Waals surface area contributed by atoms with Crippen LogP contribution in [0.2, 0.25) is 0 Å². The number of amides is 2. The maximum Gasteiger partial charge on any atom is 0.320 e. The van der Waals surface area contributed by atoms with Crippen molar-refractivity contribution in [1.29, 1.82) is 0 Å². The summed E-state index contributed by atoms with van der Waals surface area (Å²) in [5, 5.41) is 11.1. The van der Waals surface area contributed by atoms with Crippen LogP contribution in [0.1, 0.15) is 23.2 Å². The molecule has 3 aromatic rings. The predicted molar refractivity (Wildman–Crippen MR) is 129 cm³/mol. The number of nitrogens with zero attached hydrogens (tertiary/aromatic N) is 4. The van der Waals surface area contributed by atoms with Crippen molar-refractivity contribution in [2.75, 3.05) is 38.7 Å². The highest BCUT2D eigenvalue weighted by atomic mass is 16.5. The van der Waals surface area contributed by atoms with Gasteiger partial charge < -0.3 is 14.8 Å². The molecule has 1 unspecified atom stereocenters. The van der Waals surface area contributed by atoms with Gasteiger partial charge in [-0.2, -0.15) is 5.10 Å². The lowest BCUT2D eigenvalue weighted by Crippen LogP contribution is -2.40. The first-order chi connectivity index (χ1) is 16.6. The summed E-state index contributed by atoms with van der Waals surface area (Å²) in [6.45, 7) is 6.43. The van der Waals surface area contributed by atoms with Gasteiger partial charge in [0.05, 0.1) is 36.9 Å². The monoisotopic (exact) mass is 462 g/mol. The summed E-state index contributed by atoms with van der Waals surface area (Å²) < 4.78 is 12.5. The minimum absolute atomic E-state index is 0.102. The van der Waals surface area contributed by atoms with Crippen LogP contribution in [0.25, 0.3) is 16.9 Å². The Morgan fingerprint density at radius 3 is 2.94 bits per heavy atom. The summed E-state index contributed by atoms with van der Waals surface area (Å²) in [6, 6.07) is 11.8. The van der Waals surface area contributed by atoms with Crippen LogP contribution in [-0.4, -0.2) is 65.1 Å². The largest absolute Gasteiger partial charge is 0.383 e. The van der Waals surface area contributed by atoms with E-state index < -0.39 is 0 Å². The lowest BCUT2D eigenvalue weighted by molar-refractivity contribution is 0.133. The summed E-state index contributed by atoms with van der Waals surface area (Å²) in [5.74, 6) is 0.643. The summed E-state index contributed by atoms with van der Waals surface area (Å²) >= 11 is 0. The standard InChI is InChI=1S/C25H30N6O3/c1-17-23(18-12-19-15-34-16-22(19)26-13-18)29-31(21-6-4-3-5-7-21)24(17)28-25(32)27-20-8-9-30(14-20)10-11-33-2/h3-7,12-13,20H,8-11,14-16H2,1-2H3,(H2,27,28,32). The fraction of sp³-hybridized carbons (Fsp3) is 0.400. The number of likely N-dealkylation sites (tertiary alicyclic amines) is 1. The normalized spacial score (nSPS) is 17.6. The molecule has 9 nitrogen and oxygen atoms in total. The Kier molecular flexibility index (Phi) is 6.57. The van der Waals surface area contributed by atoms with Gasteiger partial charge in [-0.15, -0.1) is 0 Å². The van der Waals surface area contributed by atoms with Crippen molar-refractivity contribution < 1.29 is 14.3 Å². The van der Waals surface area contributed by atoms with E-state index in [2.05, 4.69) is 26.6 Å². The number of hydrogen-bond donors (Lipinski definition) is 2. The van der Waals surface area contributed by atoms with Gasteiger partial charge >= 0.3 is 6.03 Å².